The minimum Gasteiger partial charge on any atom is -0.121 e. The summed E-state index contributed by atoms with van der Waals surface area (Å²) in [4.78, 5) is 0. The maximum atomic E-state index is 5.71. The van der Waals surface area contributed by atoms with Gasteiger partial charge in [0.2, 0.25) is 0 Å². The SMILES string of the molecule is CCCCCCCCC/C=C/[Si](Cl)(Cl)Cl. The van der Waals surface area contributed by atoms with Gasteiger partial charge in [-0.3, -0.25) is 0 Å². The molecule has 0 radical (unpaired) electrons. The average Bonchev–Trinajstić information content (AvgIpc) is 2.14. The number of halogens is 3. The monoisotopic (exact) mass is 286 g/mol. The van der Waals surface area contributed by atoms with Crippen LogP contribution in [0.1, 0.15) is 58.3 Å². The topological polar surface area (TPSA) is 0 Å². The highest BCUT2D eigenvalue weighted by Crippen LogP contribution is 2.21. The van der Waals surface area contributed by atoms with E-state index >= 15 is 0 Å². The zero-order chi connectivity index (χ0) is 11.6. The summed E-state index contributed by atoms with van der Waals surface area (Å²) in [5, 5.41) is 0. The third kappa shape index (κ3) is 14.8. The lowest BCUT2D eigenvalue weighted by Gasteiger charge is -2.00. The predicted molar refractivity (Wildman–Crippen MR) is 75.1 cm³/mol. The molecule has 0 saturated carbocycles. The molecular formula is C11H21Cl3Si. The normalized spacial score (nSPS) is 12.5. The van der Waals surface area contributed by atoms with Gasteiger partial charge < -0.3 is 0 Å². The first kappa shape index (κ1) is 15.8. The van der Waals surface area contributed by atoms with Crippen LogP contribution in [-0.2, 0) is 0 Å². The number of unbranched alkanes of at least 4 members (excludes halogenated alkanes) is 7. The van der Waals surface area contributed by atoms with Gasteiger partial charge in [0.25, 0.3) is 0 Å². The molecule has 0 nitrogen and oxygen atoms in total. The summed E-state index contributed by atoms with van der Waals surface area (Å²) in [5.41, 5.74) is 1.77. The van der Waals surface area contributed by atoms with Crippen LogP contribution in [0.5, 0.6) is 0 Å². The van der Waals surface area contributed by atoms with Crippen molar-refractivity contribution in [1.29, 1.82) is 0 Å². The summed E-state index contributed by atoms with van der Waals surface area (Å²) in [7, 11) is 0. The van der Waals surface area contributed by atoms with Crippen LogP contribution in [-0.4, -0.2) is 6.00 Å². The first-order chi connectivity index (χ1) is 7.06. The smallest absolute Gasteiger partial charge is 0.121 e. The van der Waals surface area contributed by atoms with Crippen molar-refractivity contribution in [2.45, 2.75) is 58.3 Å². The van der Waals surface area contributed by atoms with Gasteiger partial charge in [0.1, 0.15) is 0 Å². The number of hydrogen-bond acceptors (Lipinski definition) is 0. The molecule has 0 atom stereocenters. The minimum absolute atomic E-state index is 1.05. The molecule has 0 aromatic heterocycles. The van der Waals surface area contributed by atoms with E-state index in [1.807, 2.05) is 6.08 Å². The standard InChI is InChI=1S/C11H21Cl3Si/c1-2-3-4-5-6-7-8-9-10-11-15(12,13)14/h10-11H,2-9H2,1H3/b11-10+. The summed E-state index contributed by atoms with van der Waals surface area (Å²) >= 11 is 17.1. The van der Waals surface area contributed by atoms with Crippen molar-refractivity contribution in [3.8, 4) is 0 Å². The summed E-state index contributed by atoms with van der Waals surface area (Å²) in [6.45, 7) is 2.24. The van der Waals surface area contributed by atoms with E-state index in [0.717, 1.165) is 6.42 Å². The summed E-state index contributed by atoms with van der Waals surface area (Å²) < 4.78 is 0. The lowest BCUT2D eigenvalue weighted by Crippen LogP contribution is -2.02. The molecule has 4 heteroatoms. The Labute approximate surface area is 109 Å². The van der Waals surface area contributed by atoms with Crippen molar-refractivity contribution in [3.63, 3.8) is 0 Å². The molecule has 0 rings (SSSR count). The maximum absolute atomic E-state index is 5.71. The highest BCUT2D eigenvalue weighted by molar-refractivity contribution is 7.66. The Morgan fingerprint density at radius 1 is 0.867 bits per heavy atom. The van der Waals surface area contributed by atoms with Gasteiger partial charge in [0.05, 0.1) is 0 Å². The first-order valence-corrected chi connectivity index (χ1v) is 10.9. The van der Waals surface area contributed by atoms with Gasteiger partial charge in [-0.25, -0.2) is 0 Å². The van der Waals surface area contributed by atoms with Crippen molar-refractivity contribution >= 4 is 39.2 Å². The lowest BCUT2D eigenvalue weighted by atomic mass is 10.1. The Morgan fingerprint density at radius 3 is 1.93 bits per heavy atom. The second-order valence-corrected chi connectivity index (χ2v) is 12.4. The number of allylic oxidation sites excluding steroid dienone is 1. The highest BCUT2D eigenvalue weighted by Gasteiger charge is 2.19. The van der Waals surface area contributed by atoms with Crippen molar-refractivity contribution in [2.24, 2.45) is 0 Å². The Morgan fingerprint density at radius 2 is 1.40 bits per heavy atom. The highest BCUT2D eigenvalue weighted by atomic mass is 35.8. The quantitative estimate of drug-likeness (QED) is 0.282. The van der Waals surface area contributed by atoms with E-state index in [1.54, 1.807) is 5.70 Å². The van der Waals surface area contributed by atoms with Crippen LogP contribution in [0.4, 0.5) is 0 Å². The fourth-order valence-electron chi connectivity index (χ4n) is 1.44. The molecule has 15 heavy (non-hydrogen) atoms. The molecule has 0 bridgehead atoms. The van der Waals surface area contributed by atoms with Crippen LogP contribution >= 0.6 is 33.2 Å². The van der Waals surface area contributed by atoms with Crippen LogP contribution < -0.4 is 0 Å². The molecule has 0 unspecified atom stereocenters. The van der Waals surface area contributed by atoms with E-state index in [1.165, 1.54) is 44.9 Å². The van der Waals surface area contributed by atoms with Gasteiger partial charge in [-0.15, -0.1) is 33.2 Å². The van der Waals surface area contributed by atoms with Crippen molar-refractivity contribution in [3.05, 3.63) is 11.8 Å². The van der Waals surface area contributed by atoms with Crippen LogP contribution in [0.15, 0.2) is 11.8 Å². The molecule has 0 saturated heterocycles. The molecule has 0 heterocycles. The Kier molecular flexibility index (Phi) is 10.6. The van der Waals surface area contributed by atoms with E-state index in [-0.39, 0.29) is 0 Å². The fourth-order valence-corrected chi connectivity index (χ4v) is 2.67. The zero-order valence-corrected chi connectivity index (χ0v) is 12.7. The summed E-state index contributed by atoms with van der Waals surface area (Å²) in [6.07, 6.45) is 12.4. The second kappa shape index (κ2) is 10.0. The molecule has 0 fully saturated rings. The Balaban J connectivity index is 3.15. The van der Waals surface area contributed by atoms with Crippen LogP contribution in [0.3, 0.4) is 0 Å². The van der Waals surface area contributed by atoms with Crippen molar-refractivity contribution < 1.29 is 0 Å². The summed E-state index contributed by atoms with van der Waals surface area (Å²) in [6, 6.07) is -2.51. The van der Waals surface area contributed by atoms with Gasteiger partial charge in [0, 0.05) is 0 Å². The summed E-state index contributed by atoms with van der Waals surface area (Å²) in [5.74, 6) is 0. The molecule has 0 aliphatic carbocycles. The lowest BCUT2D eigenvalue weighted by molar-refractivity contribution is 0.592. The maximum Gasteiger partial charge on any atom is 0.365 e. The first-order valence-electron chi connectivity index (χ1n) is 5.80. The van der Waals surface area contributed by atoms with Gasteiger partial charge in [-0.05, 0) is 12.8 Å². The molecule has 0 aromatic carbocycles. The van der Waals surface area contributed by atoms with Gasteiger partial charge in [-0.2, -0.15) is 0 Å². The van der Waals surface area contributed by atoms with E-state index in [2.05, 4.69) is 6.92 Å². The minimum atomic E-state index is -2.51. The van der Waals surface area contributed by atoms with Crippen LogP contribution in [0.25, 0.3) is 0 Å². The molecular weight excluding hydrogens is 267 g/mol. The largest absolute Gasteiger partial charge is 0.365 e. The van der Waals surface area contributed by atoms with Crippen molar-refractivity contribution in [2.75, 3.05) is 0 Å². The molecule has 0 aliphatic rings. The van der Waals surface area contributed by atoms with E-state index in [4.69, 9.17) is 33.2 Å². The zero-order valence-electron chi connectivity index (χ0n) is 9.45. The van der Waals surface area contributed by atoms with Crippen LogP contribution in [0, 0.1) is 0 Å². The van der Waals surface area contributed by atoms with E-state index in [0.29, 0.717) is 0 Å². The molecule has 0 aliphatic heterocycles. The molecule has 0 aromatic rings. The molecule has 0 amide bonds. The third-order valence-corrected chi connectivity index (χ3v) is 4.03. The van der Waals surface area contributed by atoms with Gasteiger partial charge in [-0.1, -0.05) is 57.2 Å². The van der Waals surface area contributed by atoms with E-state index in [9.17, 15) is 0 Å². The molecule has 0 spiro atoms. The average molecular weight is 288 g/mol. The molecule has 0 N–H and O–H groups in total. The van der Waals surface area contributed by atoms with Gasteiger partial charge in [0.15, 0.2) is 0 Å². The fraction of sp³-hybridized carbons (Fsp3) is 0.818. The number of hydrogen-bond donors (Lipinski definition) is 0. The third-order valence-electron chi connectivity index (χ3n) is 2.28. The number of rotatable bonds is 9. The Bertz CT molecular complexity index is 164. The predicted octanol–water partition coefficient (Wildman–Crippen LogP) is 5.88. The van der Waals surface area contributed by atoms with E-state index < -0.39 is 6.00 Å². The van der Waals surface area contributed by atoms with Crippen LogP contribution in [0.2, 0.25) is 0 Å². The van der Waals surface area contributed by atoms with Crippen molar-refractivity contribution in [1.82, 2.24) is 0 Å². The molecule has 90 valence electrons. The van der Waals surface area contributed by atoms with Gasteiger partial charge >= 0.3 is 6.00 Å². The Hall–Kier alpha value is 0.827. The second-order valence-electron chi connectivity index (χ2n) is 3.85.